The van der Waals surface area contributed by atoms with Crippen molar-refractivity contribution in [3.05, 3.63) is 10.6 Å². The second-order valence-electron chi connectivity index (χ2n) is 1.98. The molecule has 0 N–H and O–H groups in total. The molecule has 0 fully saturated rings. The summed E-state index contributed by atoms with van der Waals surface area (Å²) in [5, 5.41) is 0. The Morgan fingerprint density at radius 2 is 1.80 bits per heavy atom. The summed E-state index contributed by atoms with van der Waals surface area (Å²) in [7, 11) is 0. The number of hydrogen-bond acceptors (Lipinski definition) is 1. The van der Waals surface area contributed by atoms with Gasteiger partial charge in [-0.2, -0.15) is 0 Å². The Hall–Kier alpha value is 0.280. The van der Waals surface area contributed by atoms with Crippen LogP contribution in [-0.4, -0.2) is 24.5 Å². The molecule has 0 aromatic rings. The lowest BCUT2D eigenvalue weighted by Crippen LogP contribution is -2.22. The highest BCUT2D eigenvalue weighted by molar-refractivity contribution is 6.55. The van der Waals surface area contributed by atoms with Gasteiger partial charge in [-0.1, -0.05) is 37.0 Å². The van der Waals surface area contributed by atoms with E-state index < -0.39 is 0 Å². The zero-order chi connectivity index (χ0) is 7.98. The second kappa shape index (κ2) is 6.02. The van der Waals surface area contributed by atoms with Gasteiger partial charge in [0.2, 0.25) is 0 Å². The van der Waals surface area contributed by atoms with Gasteiger partial charge in [-0.15, -0.1) is 0 Å². The first-order valence-electron chi connectivity index (χ1n) is 3.44. The molecule has 0 saturated heterocycles. The van der Waals surface area contributed by atoms with Crippen LogP contribution in [0.15, 0.2) is 10.6 Å². The van der Waals surface area contributed by atoms with Crippen molar-refractivity contribution in [2.24, 2.45) is 0 Å². The van der Waals surface area contributed by atoms with Gasteiger partial charge in [0.1, 0.15) is 4.49 Å². The third kappa shape index (κ3) is 5.10. The standard InChI is InChI=1S/C7H13Cl2N/c1-3-10(4-2)6-5-7(8)9/h5H,3-4,6H2,1-2H3. The Bertz CT molecular complexity index is 104. The summed E-state index contributed by atoms with van der Waals surface area (Å²) < 4.78 is 0.354. The van der Waals surface area contributed by atoms with Gasteiger partial charge in [-0.05, 0) is 19.2 Å². The molecule has 60 valence electrons. The Kier molecular flexibility index (Phi) is 6.19. The van der Waals surface area contributed by atoms with Crippen LogP contribution in [0.25, 0.3) is 0 Å². The summed E-state index contributed by atoms with van der Waals surface area (Å²) in [6.07, 6.45) is 1.80. The van der Waals surface area contributed by atoms with E-state index in [2.05, 4.69) is 18.7 Å². The van der Waals surface area contributed by atoms with E-state index in [1.807, 2.05) is 0 Å². The van der Waals surface area contributed by atoms with E-state index in [0.717, 1.165) is 19.6 Å². The molecule has 0 aromatic carbocycles. The number of likely N-dealkylation sites (N-methyl/N-ethyl adjacent to an activating group) is 1. The first-order valence-corrected chi connectivity index (χ1v) is 4.19. The van der Waals surface area contributed by atoms with Crippen LogP contribution in [0, 0.1) is 0 Å². The van der Waals surface area contributed by atoms with E-state index in [1.54, 1.807) is 6.08 Å². The topological polar surface area (TPSA) is 3.24 Å². The van der Waals surface area contributed by atoms with E-state index in [9.17, 15) is 0 Å². The average molecular weight is 182 g/mol. The zero-order valence-electron chi connectivity index (χ0n) is 6.40. The van der Waals surface area contributed by atoms with Gasteiger partial charge >= 0.3 is 0 Å². The molecule has 0 aliphatic carbocycles. The molecule has 0 spiro atoms. The molecule has 10 heavy (non-hydrogen) atoms. The van der Waals surface area contributed by atoms with Crippen LogP contribution in [0.2, 0.25) is 0 Å². The summed E-state index contributed by atoms with van der Waals surface area (Å²) in [6.45, 7) is 7.14. The van der Waals surface area contributed by atoms with Gasteiger partial charge < -0.3 is 4.90 Å². The highest BCUT2D eigenvalue weighted by Gasteiger charge is 1.94. The zero-order valence-corrected chi connectivity index (χ0v) is 7.91. The summed E-state index contributed by atoms with van der Waals surface area (Å²) >= 11 is 10.9. The highest BCUT2D eigenvalue weighted by atomic mass is 35.5. The molecule has 0 unspecified atom stereocenters. The van der Waals surface area contributed by atoms with E-state index in [1.165, 1.54) is 0 Å². The van der Waals surface area contributed by atoms with Crippen molar-refractivity contribution in [1.29, 1.82) is 0 Å². The van der Waals surface area contributed by atoms with E-state index in [0.29, 0.717) is 4.49 Å². The molecule has 1 nitrogen and oxygen atoms in total. The van der Waals surface area contributed by atoms with Crippen LogP contribution in [0.3, 0.4) is 0 Å². The van der Waals surface area contributed by atoms with Crippen LogP contribution in [-0.2, 0) is 0 Å². The second-order valence-corrected chi connectivity index (χ2v) is 2.99. The Morgan fingerprint density at radius 1 is 1.30 bits per heavy atom. The summed E-state index contributed by atoms with van der Waals surface area (Å²) in [5.74, 6) is 0. The predicted molar refractivity (Wildman–Crippen MR) is 47.6 cm³/mol. The molecule has 0 amide bonds. The van der Waals surface area contributed by atoms with Crippen molar-refractivity contribution >= 4 is 23.2 Å². The van der Waals surface area contributed by atoms with Crippen molar-refractivity contribution in [3.63, 3.8) is 0 Å². The van der Waals surface area contributed by atoms with Gasteiger partial charge in [-0.25, -0.2) is 0 Å². The monoisotopic (exact) mass is 181 g/mol. The maximum Gasteiger partial charge on any atom is 0.104 e. The van der Waals surface area contributed by atoms with Crippen LogP contribution < -0.4 is 0 Å². The lowest BCUT2D eigenvalue weighted by Gasteiger charge is -2.14. The first kappa shape index (κ1) is 10.3. The molecule has 0 radical (unpaired) electrons. The van der Waals surface area contributed by atoms with Gasteiger partial charge in [0.15, 0.2) is 0 Å². The molecular weight excluding hydrogens is 169 g/mol. The third-order valence-corrected chi connectivity index (χ3v) is 1.71. The maximum absolute atomic E-state index is 5.44. The molecule has 0 bridgehead atoms. The fourth-order valence-corrected chi connectivity index (χ4v) is 0.818. The third-order valence-electron chi connectivity index (χ3n) is 1.40. The molecule has 0 aliphatic rings. The normalized spacial score (nSPS) is 10.1. The Balaban J connectivity index is 3.54. The minimum absolute atomic E-state index is 0.354. The fraction of sp³-hybridized carbons (Fsp3) is 0.714. The predicted octanol–water partition coefficient (Wildman–Crippen LogP) is 2.65. The maximum atomic E-state index is 5.44. The number of nitrogens with zero attached hydrogens (tertiary/aromatic N) is 1. The molecular formula is C7H13Cl2N. The van der Waals surface area contributed by atoms with Crippen molar-refractivity contribution in [2.75, 3.05) is 19.6 Å². The van der Waals surface area contributed by atoms with Crippen molar-refractivity contribution in [2.45, 2.75) is 13.8 Å². The fourth-order valence-electron chi connectivity index (χ4n) is 0.680. The largest absolute Gasteiger partial charge is 0.300 e. The number of halogens is 2. The van der Waals surface area contributed by atoms with Crippen LogP contribution in [0.5, 0.6) is 0 Å². The summed E-state index contributed by atoms with van der Waals surface area (Å²) in [6, 6.07) is 0. The highest BCUT2D eigenvalue weighted by Crippen LogP contribution is 2.05. The van der Waals surface area contributed by atoms with E-state index >= 15 is 0 Å². The van der Waals surface area contributed by atoms with Crippen LogP contribution in [0.4, 0.5) is 0 Å². The van der Waals surface area contributed by atoms with Crippen LogP contribution in [0.1, 0.15) is 13.8 Å². The molecule has 0 atom stereocenters. The summed E-state index contributed by atoms with van der Waals surface area (Å²) in [4.78, 5) is 2.23. The van der Waals surface area contributed by atoms with Crippen molar-refractivity contribution in [3.8, 4) is 0 Å². The molecule has 0 heterocycles. The smallest absolute Gasteiger partial charge is 0.104 e. The van der Waals surface area contributed by atoms with Gasteiger partial charge in [-0.3, -0.25) is 0 Å². The minimum Gasteiger partial charge on any atom is -0.300 e. The molecule has 0 aromatic heterocycles. The van der Waals surface area contributed by atoms with E-state index in [-0.39, 0.29) is 0 Å². The van der Waals surface area contributed by atoms with Gasteiger partial charge in [0, 0.05) is 6.54 Å². The van der Waals surface area contributed by atoms with Crippen molar-refractivity contribution in [1.82, 2.24) is 4.90 Å². The van der Waals surface area contributed by atoms with Crippen LogP contribution >= 0.6 is 23.2 Å². The van der Waals surface area contributed by atoms with Gasteiger partial charge in [0.05, 0.1) is 0 Å². The SMILES string of the molecule is CCN(CC)CC=C(Cl)Cl. The lowest BCUT2D eigenvalue weighted by atomic mass is 10.5. The quantitative estimate of drug-likeness (QED) is 0.645. The molecule has 0 saturated carbocycles. The summed E-state index contributed by atoms with van der Waals surface area (Å²) in [5.41, 5.74) is 0. The lowest BCUT2D eigenvalue weighted by molar-refractivity contribution is 0.337. The Labute approximate surface area is 72.6 Å². The molecule has 0 aliphatic heterocycles. The van der Waals surface area contributed by atoms with Gasteiger partial charge in [0.25, 0.3) is 0 Å². The number of rotatable bonds is 4. The average Bonchev–Trinajstić information content (AvgIpc) is 1.90. The number of hydrogen-bond donors (Lipinski definition) is 0. The van der Waals surface area contributed by atoms with Crippen molar-refractivity contribution < 1.29 is 0 Å². The first-order chi connectivity index (χ1) is 4.70. The molecule has 0 rings (SSSR count). The Morgan fingerprint density at radius 3 is 2.10 bits per heavy atom. The van der Waals surface area contributed by atoms with E-state index in [4.69, 9.17) is 23.2 Å². The minimum atomic E-state index is 0.354. The molecule has 3 heteroatoms.